The van der Waals surface area contributed by atoms with Gasteiger partial charge in [-0.05, 0) is 197 Å². The topological polar surface area (TPSA) is 32.8 Å². The number of nitrogens with zero attached hydrogens (tertiary/aromatic N) is 2. The highest BCUT2D eigenvalue weighted by molar-refractivity contribution is 6.15. The largest absolute Gasteiger partial charge is 0.454 e. The fraction of sp³-hybridized carbons (Fsp3) is 0.160. The van der Waals surface area contributed by atoms with Crippen molar-refractivity contribution in [1.29, 1.82) is 0 Å². The van der Waals surface area contributed by atoms with Gasteiger partial charge < -0.3 is 18.6 Å². The third-order valence-corrected chi connectivity index (χ3v) is 18.9. The van der Waals surface area contributed by atoms with E-state index in [1.165, 1.54) is 88.3 Å². The quantitative estimate of drug-likeness (QED) is 0.137. The molecular weight excluding hydrogens is 1030 g/mol. The summed E-state index contributed by atoms with van der Waals surface area (Å²) in [5, 5.41) is 9.51. The second-order valence-corrected chi connectivity index (χ2v) is 25.1. The molecule has 4 nitrogen and oxygen atoms in total. The van der Waals surface area contributed by atoms with Gasteiger partial charge in [0, 0.05) is 44.3 Å². The fourth-order valence-corrected chi connectivity index (χ4v) is 14.9. The van der Waals surface area contributed by atoms with E-state index in [4.69, 9.17) is 8.83 Å². The van der Waals surface area contributed by atoms with Crippen molar-refractivity contribution in [3.63, 3.8) is 0 Å². The summed E-state index contributed by atoms with van der Waals surface area (Å²) in [5.41, 5.74) is 25.1. The zero-order valence-electron chi connectivity index (χ0n) is 49.5. The predicted molar refractivity (Wildman–Crippen MR) is 358 cm³/mol. The number of furan rings is 2. The molecule has 0 saturated carbocycles. The van der Waals surface area contributed by atoms with Crippen LogP contribution in [0.2, 0.25) is 0 Å². The molecule has 0 amide bonds. The molecule has 0 saturated heterocycles. The summed E-state index contributed by atoms with van der Waals surface area (Å²) in [5.74, 6) is 1.24. The molecule has 2 aliphatic rings. The minimum atomic E-state index is -0.652. The summed E-state index contributed by atoms with van der Waals surface area (Å²) in [6, 6.07) is 86.7. The van der Waals surface area contributed by atoms with E-state index in [1.807, 2.05) is 0 Å². The van der Waals surface area contributed by atoms with Gasteiger partial charge in [0.15, 0.2) is 11.2 Å². The second-order valence-electron chi connectivity index (χ2n) is 25.1. The Balaban J connectivity index is 0.973. The molecule has 0 fully saturated rings. The van der Waals surface area contributed by atoms with Crippen molar-refractivity contribution in [2.75, 3.05) is 9.80 Å². The highest BCUT2D eigenvalue weighted by Gasteiger charge is 2.54. The van der Waals surface area contributed by atoms with Crippen LogP contribution in [0.4, 0.5) is 34.1 Å². The molecule has 0 atom stereocenters. The van der Waals surface area contributed by atoms with Gasteiger partial charge in [0.2, 0.25) is 0 Å². The van der Waals surface area contributed by atoms with Gasteiger partial charge >= 0.3 is 0 Å². The zero-order chi connectivity index (χ0) is 57.6. The first-order chi connectivity index (χ1) is 41.5. The van der Waals surface area contributed by atoms with Gasteiger partial charge in [-0.2, -0.15) is 0 Å². The Bertz CT molecular complexity index is 4710. The number of hydrogen-bond donors (Lipinski definition) is 0. The second kappa shape index (κ2) is 19.2. The van der Waals surface area contributed by atoms with E-state index in [2.05, 4.69) is 296 Å². The van der Waals surface area contributed by atoms with Gasteiger partial charge in [0.1, 0.15) is 11.2 Å². The monoisotopic (exact) mass is 1100 g/mol. The molecule has 412 valence electrons. The number of benzene rings is 12. The summed E-state index contributed by atoms with van der Waals surface area (Å²) >= 11 is 0. The Kier molecular flexibility index (Phi) is 11.5. The molecule has 0 unspecified atom stereocenters. The first-order valence-electron chi connectivity index (χ1n) is 30.5. The SMILES string of the molecule is CC(C)c1ccc(N(c2ccc3c4c(cc(C(C)C)c3c2)-c2cc(C(C)C)c3cc(N(c5ccc(C(C)C)cc5)c5cccc6c5oc5ccccc56)ccc3c2C42c3ccccc3-c3ccccc32)c2cccc3c2oc2ccccc23)cc1. The number of hydrogen-bond acceptors (Lipinski definition) is 4. The average Bonchev–Trinajstić information content (AvgIpc) is 1.55. The number of rotatable bonds is 10. The summed E-state index contributed by atoms with van der Waals surface area (Å²) < 4.78 is 13.7. The highest BCUT2D eigenvalue weighted by atomic mass is 16.3. The zero-order valence-corrected chi connectivity index (χ0v) is 49.5. The summed E-state index contributed by atoms with van der Waals surface area (Å²) in [6.07, 6.45) is 0. The van der Waals surface area contributed by atoms with Gasteiger partial charge in [0.25, 0.3) is 0 Å². The maximum atomic E-state index is 6.86. The van der Waals surface area contributed by atoms with Crippen LogP contribution in [0.15, 0.2) is 239 Å². The lowest BCUT2D eigenvalue weighted by Crippen LogP contribution is -2.27. The molecule has 2 heterocycles. The van der Waals surface area contributed by atoms with Crippen LogP contribution in [0.5, 0.6) is 0 Å². The lowest BCUT2D eigenvalue weighted by atomic mass is 9.67. The normalized spacial score (nSPS) is 13.2. The first kappa shape index (κ1) is 51.0. The summed E-state index contributed by atoms with van der Waals surface area (Å²) in [7, 11) is 0. The van der Waals surface area contributed by atoms with Crippen molar-refractivity contribution in [2.24, 2.45) is 0 Å². The Labute approximate surface area is 497 Å². The molecular formula is C81H66N2O2. The molecule has 2 aromatic heterocycles. The molecule has 0 aliphatic heterocycles. The third-order valence-electron chi connectivity index (χ3n) is 18.9. The molecule has 0 bridgehead atoms. The van der Waals surface area contributed by atoms with Crippen molar-refractivity contribution in [3.05, 3.63) is 275 Å². The molecule has 2 aliphatic carbocycles. The third kappa shape index (κ3) is 7.47. The van der Waals surface area contributed by atoms with Crippen molar-refractivity contribution in [2.45, 2.75) is 84.5 Å². The first-order valence-corrected chi connectivity index (χ1v) is 30.5. The van der Waals surface area contributed by atoms with Gasteiger partial charge in [-0.15, -0.1) is 0 Å². The van der Waals surface area contributed by atoms with E-state index in [0.29, 0.717) is 11.8 Å². The number of para-hydroxylation sites is 4. The van der Waals surface area contributed by atoms with Gasteiger partial charge in [-0.3, -0.25) is 0 Å². The summed E-state index contributed by atoms with van der Waals surface area (Å²) in [6.45, 7) is 18.5. The Morgan fingerprint density at radius 1 is 0.294 bits per heavy atom. The molecule has 1 spiro atoms. The van der Waals surface area contributed by atoms with Crippen LogP contribution >= 0.6 is 0 Å². The van der Waals surface area contributed by atoms with Crippen molar-refractivity contribution in [1.82, 2.24) is 0 Å². The van der Waals surface area contributed by atoms with E-state index in [-0.39, 0.29) is 11.8 Å². The van der Waals surface area contributed by atoms with Crippen molar-refractivity contribution >= 4 is 99.5 Å². The van der Waals surface area contributed by atoms with Crippen LogP contribution in [-0.4, -0.2) is 0 Å². The molecule has 4 heteroatoms. The van der Waals surface area contributed by atoms with E-state index >= 15 is 0 Å². The summed E-state index contributed by atoms with van der Waals surface area (Å²) in [4.78, 5) is 4.85. The molecule has 14 aromatic rings. The van der Waals surface area contributed by atoms with E-state index < -0.39 is 5.41 Å². The van der Waals surface area contributed by atoms with Gasteiger partial charge in [0.05, 0.1) is 16.8 Å². The Morgan fingerprint density at radius 3 is 1.08 bits per heavy atom. The van der Waals surface area contributed by atoms with Crippen molar-refractivity contribution in [3.8, 4) is 22.3 Å². The van der Waals surface area contributed by atoms with E-state index in [9.17, 15) is 0 Å². The standard InChI is InChI=1S/C81H66N2O2/c1-47(2)51-31-35-53(36-32-51)82(73-27-17-23-63-59-21-11-15-29-75(59)84-79(63)73)55-39-41-61-67(43-55)65(49(5)6)45-69-70-46-66(50(7)8)68-44-56(40-42-62(68)78(70)81(77(61)69)71-25-13-9-19-57(71)58-20-10-14-26-72(58)81)83(54-37-33-52(34-38-54)48(3)4)74-28-18-24-64-60-22-12-16-30-76(60)85-80(64)74/h9-50H,1-8H3. The van der Waals surface area contributed by atoms with Crippen molar-refractivity contribution < 1.29 is 8.83 Å². The van der Waals surface area contributed by atoms with Crippen LogP contribution in [-0.2, 0) is 5.41 Å². The van der Waals surface area contributed by atoms with Crippen LogP contribution in [0.3, 0.4) is 0 Å². The minimum absolute atomic E-state index is 0.216. The van der Waals surface area contributed by atoms with Crippen LogP contribution in [0.1, 0.15) is 124 Å². The number of fused-ring (bicyclic) bond motifs is 20. The average molecular weight is 1100 g/mol. The molecule has 85 heavy (non-hydrogen) atoms. The lowest BCUT2D eigenvalue weighted by Gasteiger charge is -2.34. The smallest absolute Gasteiger partial charge is 0.159 e. The fourth-order valence-electron chi connectivity index (χ4n) is 14.9. The van der Waals surface area contributed by atoms with Crippen LogP contribution in [0, 0.1) is 0 Å². The predicted octanol–water partition coefficient (Wildman–Crippen LogP) is 23.6. The molecule has 12 aromatic carbocycles. The Hall–Kier alpha value is -9.64. The highest BCUT2D eigenvalue weighted by Crippen LogP contribution is 2.67. The number of anilines is 6. The van der Waals surface area contributed by atoms with Crippen LogP contribution in [0.25, 0.3) is 87.7 Å². The van der Waals surface area contributed by atoms with Gasteiger partial charge in [-0.1, -0.05) is 201 Å². The minimum Gasteiger partial charge on any atom is -0.454 e. The lowest BCUT2D eigenvalue weighted by molar-refractivity contribution is 0.668. The maximum absolute atomic E-state index is 6.86. The maximum Gasteiger partial charge on any atom is 0.159 e. The molecule has 0 radical (unpaired) electrons. The van der Waals surface area contributed by atoms with E-state index in [0.717, 1.165) is 78.0 Å². The molecule has 0 N–H and O–H groups in total. The molecule has 16 rings (SSSR count). The van der Waals surface area contributed by atoms with E-state index in [1.54, 1.807) is 0 Å². The van der Waals surface area contributed by atoms with Crippen LogP contribution < -0.4 is 9.80 Å². The Morgan fingerprint density at radius 2 is 0.671 bits per heavy atom. The van der Waals surface area contributed by atoms with Gasteiger partial charge in [-0.25, -0.2) is 0 Å².